The molecule has 3 aliphatic heterocycles. The second-order valence-electron chi connectivity index (χ2n) is 14.2. The highest BCUT2D eigenvalue weighted by Gasteiger charge is 2.49. The Balaban J connectivity index is 0.896. The molecule has 4 heterocycles. The first-order chi connectivity index (χ1) is 25.1. The number of amides is 4. The summed E-state index contributed by atoms with van der Waals surface area (Å²) in [6, 6.07) is 10.4. The first-order valence-corrected chi connectivity index (χ1v) is 18.6. The van der Waals surface area contributed by atoms with Crippen LogP contribution in [0.2, 0.25) is 0 Å². The van der Waals surface area contributed by atoms with E-state index in [1.54, 1.807) is 34.8 Å². The Labute approximate surface area is 301 Å². The molecule has 4 aliphatic rings. The van der Waals surface area contributed by atoms with Crippen LogP contribution in [0.3, 0.4) is 0 Å². The highest BCUT2D eigenvalue weighted by atomic mass is 32.3. The average Bonchev–Trinajstić information content (AvgIpc) is 3.52. The summed E-state index contributed by atoms with van der Waals surface area (Å²) in [6.45, 7) is -0.605. The average molecular weight is 756 g/mol. The van der Waals surface area contributed by atoms with Crippen LogP contribution in [-0.4, -0.2) is 84.1 Å². The van der Waals surface area contributed by atoms with Gasteiger partial charge in [-0.2, -0.15) is 5.10 Å². The lowest BCUT2D eigenvalue weighted by molar-refractivity contribution is -0.134. The van der Waals surface area contributed by atoms with Gasteiger partial charge in [0.2, 0.25) is 17.7 Å². The normalized spacial score (nSPS) is 26.3. The molecule has 53 heavy (non-hydrogen) atoms. The number of aromatic nitrogens is 2. The molecule has 1 aromatic heterocycles. The van der Waals surface area contributed by atoms with Crippen LogP contribution < -0.4 is 19.7 Å². The van der Waals surface area contributed by atoms with Gasteiger partial charge in [0.15, 0.2) is 5.82 Å². The molecule has 14 nitrogen and oxygen atoms in total. The van der Waals surface area contributed by atoms with Gasteiger partial charge in [-0.3, -0.25) is 43.2 Å². The van der Waals surface area contributed by atoms with Crippen LogP contribution in [0.25, 0.3) is 21.7 Å². The zero-order valence-electron chi connectivity index (χ0n) is 28.3. The molecule has 3 saturated heterocycles. The summed E-state index contributed by atoms with van der Waals surface area (Å²) in [4.78, 5) is 50.7. The molecule has 3 aromatic carbocycles. The number of benzene rings is 3. The number of phenols is 1. The highest BCUT2D eigenvalue weighted by molar-refractivity contribution is 8.24. The molecule has 6 N–H and O–H groups in total. The summed E-state index contributed by atoms with van der Waals surface area (Å²) in [5.74, 6) is -8.52. The second-order valence-corrected chi connectivity index (χ2v) is 15.9. The van der Waals surface area contributed by atoms with E-state index in [4.69, 9.17) is 0 Å². The predicted molar refractivity (Wildman–Crippen MR) is 189 cm³/mol. The van der Waals surface area contributed by atoms with E-state index in [1.807, 2.05) is 4.72 Å². The molecule has 0 bridgehead atoms. The zero-order chi connectivity index (χ0) is 37.6. The third-order valence-electron chi connectivity index (χ3n) is 10.9. The smallest absolute Gasteiger partial charge is 0.267 e. The number of carbonyl (C=O) groups is 4. The molecule has 2 unspecified atom stereocenters. The maximum absolute atomic E-state index is 15.8. The molecule has 0 spiro atoms. The number of nitrogens with zero attached hydrogens (tertiary/aromatic N) is 4. The predicted octanol–water partition coefficient (Wildman–Crippen LogP) is 4.45. The van der Waals surface area contributed by atoms with E-state index < -0.39 is 76.8 Å². The number of anilines is 2. The number of nitrogens with one attached hydrogen (secondary N) is 3. The van der Waals surface area contributed by atoms with Crippen LogP contribution in [0, 0.1) is 11.7 Å². The Morgan fingerprint density at radius 3 is 2.49 bits per heavy atom. The van der Waals surface area contributed by atoms with E-state index in [-0.39, 0.29) is 41.5 Å². The van der Waals surface area contributed by atoms with Crippen molar-refractivity contribution in [3.8, 4) is 5.75 Å². The van der Waals surface area contributed by atoms with Crippen molar-refractivity contribution >= 4 is 67.6 Å². The Morgan fingerprint density at radius 1 is 1.04 bits per heavy atom. The minimum Gasteiger partial charge on any atom is -0.506 e. The van der Waals surface area contributed by atoms with Crippen LogP contribution >= 0.6 is 11.0 Å². The summed E-state index contributed by atoms with van der Waals surface area (Å²) in [6.07, 6.45) is 1.51. The summed E-state index contributed by atoms with van der Waals surface area (Å²) in [5.41, 5.74) is 1.40. The van der Waals surface area contributed by atoms with Gasteiger partial charge in [-0.05, 0) is 84.5 Å². The number of hydrogen-bond acceptors (Lipinski definition) is 10. The maximum Gasteiger partial charge on any atom is 0.267 e. The van der Waals surface area contributed by atoms with Crippen LogP contribution in [0.1, 0.15) is 55.2 Å². The number of phenolic OH excluding ortho intramolecular Hbond substituents is 1. The van der Waals surface area contributed by atoms with Crippen LogP contribution in [0.4, 0.5) is 24.5 Å². The Hall–Kier alpha value is -4.91. The minimum absolute atomic E-state index is 0.00982. The van der Waals surface area contributed by atoms with Crippen molar-refractivity contribution in [3.63, 3.8) is 0 Å². The van der Waals surface area contributed by atoms with Gasteiger partial charge in [-0.1, -0.05) is 12.1 Å². The molecule has 8 rings (SSSR count). The largest absolute Gasteiger partial charge is 0.506 e. The van der Waals surface area contributed by atoms with Crippen molar-refractivity contribution in [3.05, 3.63) is 59.5 Å². The number of fused-ring (bicyclic) bond motifs is 2. The lowest BCUT2D eigenvalue weighted by atomic mass is 9.76. The fraction of sp³-hybridized carbons (Fsp3) is 0.400. The van der Waals surface area contributed by atoms with Crippen molar-refractivity contribution in [1.29, 1.82) is 0 Å². The monoisotopic (exact) mass is 755 g/mol. The number of halogens is 3. The molecule has 0 radical (unpaired) electrons. The Morgan fingerprint density at radius 2 is 1.79 bits per heavy atom. The molecule has 4 aromatic rings. The number of hydrogen-bond donors (Lipinski definition) is 6. The maximum atomic E-state index is 15.8. The number of piperidine rings is 2. The first kappa shape index (κ1) is 35.1. The molecular formula is C35H36F3N7O7S. The van der Waals surface area contributed by atoms with E-state index in [2.05, 4.69) is 15.7 Å². The molecule has 18 heteroatoms. The molecule has 280 valence electrons. The fourth-order valence-electron chi connectivity index (χ4n) is 8.08. The number of rotatable bonds is 6. The molecule has 1 aliphatic carbocycles. The molecular weight excluding hydrogens is 719 g/mol. The van der Waals surface area contributed by atoms with Gasteiger partial charge in [0.1, 0.15) is 18.0 Å². The Kier molecular flexibility index (Phi) is 8.36. The van der Waals surface area contributed by atoms with Gasteiger partial charge in [0, 0.05) is 41.9 Å². The summed E-state index contributed by atoms with van der Waals surface area (Å²) >= 11 is 0. The summed E-state index contributed by atoms with van der Waals surface area (Å²) < 4.78 is 71.5. The van der Waals surface area contributed by atoms with Crippen molar-refractivity contribution in [2.24, 2.45) is 13.0 Å². The van der Waals surface area contributed by atoms with Gasteiger partial charge < -0.3 is 10.4 Å². The third-order valence-corrected chi connectivity index (χ3v) is 12.3. The highest BCUT2D eigenvalue weighted by Crippen LogP contribution is 2.51. The first-order valence-electron chi connectivity index (χ1n) is 17.1. The SMILES string of the molecule is Cn1nc(C2CCC(=O)NC2=O)c2ccc(C3CCN(C4CC(C(=O)Nc5ccc6c(F)c(N7CC(=O)NS7(O)O)c(O)cc6c5)C4)CC3(F)F)cc21. The number of aryl methyl sites for hydroxylation is 1. The number of likely N-dealkylation sites (tertiary alicyclic amines) is 1. The zero-order valence-corrected chi connectivity index (χ0v) is 29.1. The van der Waals surface area contributed by atoms with Crippen LogP contribution in [-0.2, 0) is 26.2 Å². The van der Waals surface area contributed by atoms with E-state index in [1.165, 1.54) is 24.3 Å². The van der Waals surface area contributed by atoms with Crippen molar-refractivity contribution in [1.82, 2.24) is 24.7 Å². The van der Waals surface area contributed by atoms with E-state index in [9.17, 15) is 33.4 Å². The van der Waals surface area contributed by atoms with Gasteiger partial charge in [0.25, 0.3) is 11.8 Å². The van der Waals surface area contributed by atoms with Crippen molar-refractivity contribution in [2.75, 3.05) is 29.3 Å². The van der Waals surface area contributed by atoms with Crippen LogP contribution in [0.15, 0.2) is 42.5 Å². The summed E-state index contributed by atoms with van der Waals surface area (Å²) in [5, 5.41) is 21.1. The quantitative estimate of drug-likeness (QED) is 0.154. The van der Waals surface area contributed by atoms with E-state index >= 15 is 13.2 Å². The topological polar surface area (TPSA) is 189 Å². The van der Waals surface area contributed by atoms with Gasteiger partial charge in [0.05, 0.1) is 29.6 Å². The molecule has 4 amide bonds. The lowest BCUT2D eigenvalue weighted by Gasteiger charge is -2.47. The van der Waals surface area contributed by atoms with Crippen molar-refractivity contribution < 1.29 is 46.6 Å². The molecule has 4 fully saturated rings. The van der Waals surface area contributed by atoms with Crippen molar-refractivity contribution in [2.45, 2.75) is 55.9 Å². The standard InChI is InChI=1S/C35H36F3N7O7S/c1-43-26-13-17(2-4-23(26)31(41-43)24-6-7-28(47)40-34(24)50)25-8-9-44(16-35(25,37)38)21-11-19(12-21)33(49)39-20-3-5-22-18(10-20)14-27(46)32(30(22)36)45-15-29(48)42-53(45,51)52/h2-5,10,13-14,19,21,24-25,46,51-52H,6-9,11-12,15-16H2,1H3,(H,39,49)(H,42,48)(H,40,47,50). The van der Waals surface area contributed by atoms with Gasteiger partial charge in [-0.15, -0.1) is 0 Å². The Bertz CT molecular complexity index is 2230. The van der Waals surface area contributed by atoms with Crippen LogP contribution in [0.5, 0.6) is 5.75 Å². The molecule has 1 saturated carbocycles. The number of aromatic hydroxyl groups is 1. The van der Waals surface area contributed by atoms with Gasteiger partial charge >= 0.3 is 0 Å². The minimum atomic E-state index is -3.87. The number of imide groups is 1. The van der Waals surface area contributed by atoms with E-state index in [0.717, 1.165) is 0 Å². The lowest BCUT2D eigenvalue weighted by Crippen LogP contribution is -2.56. The van der Waals surface area contributed by atoms with E-state index in [0.29, 0.717) is 58.0 Å². The molecule has 2 atom stereocenters. The summed E-state index contributed by atoms with van der Waals surface area (Å²) in [7, 11) is -2.17. The third kappa shape index (κ3) is 6.12. The second kappa shape index (κ2) is 12.6. The fourth-order valence-corrected chi connectivity index (χ4v) is 9.29. The number of carbonyl (C=O) groups excluding carboxylic acids is 4. The van der Waals surface area contributed by atoms with Gasteiger partial charge in [-0.25, -0.2) is 22.2 Å². The number of alkyl halides is 2.